The number of hydrogen-bond donors (Lipinski definition) is 2. The lowest BCUT2D eigenvalue weighted by molar-refractivity contribution is 0.0695. The molecule has 0 bridgehead atoms. The standard InChI is InChI=1S/C14H20O5S/c1-9-7-11(13(15)16)8-12(10(9)2)20(18,19)6-5-14(3,4)17/h7-8,17H,5-6H2,1-4H3,(H,15,16). The number of hydrogen-bond acceptors (Lipinski definition) is 4. The monoisotopic (exact) mass is 300 g/mol. The van der Waals surface area contributed by atoms with Gasteiger partial charge in [-0.05, 0) is 57.4 Å². The van der Waals surface area contributed by atoms with Crippen LogP contribution in [0, 0.1) is 13.8 Å². The predicted molar refractivity (Wildman–Crippen MR) is 75.8 cm³/mol. The molecule has 0 fully saturated rings. The van der Waals surface area contributed by atoms with E-state index in [9.17, 15) is 18.3 Å². The fourth-order valence-corrected chi connectivity index (χ4v) is 3.69. The average Bonchev–Trinajstić information content (AvgIpc) is 2.28. The van der Waals surface area contributed by atoms with E-state index in [-0.39, 0.29) is 22.6 Å². The van der Waals surface area contributed by atoms with Crippen molar-refractivity contribution in [3.63, 3.8) is 0 Å². The van der Waals surface area contributed by atoms with Crippen LogP contribution in [0.4, 0.5) is 0 Å². The van der Waals surface area contributed by atoms with Gasteiger partial charge in [-0.3, -0.25) is 0 Å². The van der Waals surface area contributed by atoms with Gasteiger partial charge in [0, 0.05) is 0 Å². The summed E-state index contributed by atoms with van der Waals surface area (Å²) in [5.74, 6) is -1.38. The van der Waals surface area contributed by atoms with Gasteiger partial charge in [0.05, 0.1) is 21.8 Å². The van der Waals surface area contributed by atoms with Crippen molar-refractivity contribution in [1.29, 1.82) is 0 Å². The Morgan fingerprint density at radius 3 is 2.25 bits per heavy atom. The molecular formula is C14H20O5S. The zero-order valence-electron chi connectivity index (χ0n) is 12.1. The molecule has 0 atom stereocenters. The summed E-state index contributed by atoms with van der Waals surface area (Å²) >= 11 is 0. The van der Waals surface area contributed by atoms with Crippen LogP contribution in [-0.4, -0.2) is 36.0 Å². The summed E-state index contributed by atoms with van der Waals surface area (Å²) in [4.78, 5) is 11.1. The van der Waals surface area contributed by atoms with Gasteiger partial charge in [0.2, 0.25) is 0 Å². The van der Waals surface area contributed by atoms with Crippen LogP contribution in [0.25, 0.3) is 0 Å². The van der Waals surface area contributed by atoms with E-state index in [1.807, 2.05) is 0 Å². The van der Waals surface area contributed by atoms with Gasteiger partial charge >= 0.3 is 5.97 Å². The molecule has 0 saturated heterocycles. The summed E-state index contributed by atoms with van der Waals surface area (Å²) in [5, 5.41) is 18.7. The number of rotatable bonds is 5. The minimum Gasteiger partial charge on any atom is -0.478 e. The molecule has 0 aliphatic carbocycles. The van der Waals surface area contributed by atoms with Crippen LogP contribution < -0.4 is 0 Å². The molecule has 0 spiro atoms. The topological polar surface area (TPSA) is 91.7 Å². The van der Waals surface area contributed by atoms with Crippen molar-refractivity contribution in [2.24, 2.45) is 0 Å². The van der Waals surface area contributed by atoms with E-state index in [1.54, 1.807) is 13.8 Å². The van der Waals surface area contributed by atoms with Crippen molar-refractivity contribution in [3.05, 3.63) is 28.8 Å². The lowest BCUT2D eigenvalue weighted by Gasteiger charge is -2.18. The maximum atomic E-state index is 12.3. The van der Waals surface area contributed by atoms with Crippen LogP contribution in [0.15, 0.2) is 17.0 Å². The number of carboxylic acid groups (broad SMARTS) is 1. The van der Waals surface area contributed by atoms with Crippen LogP contribution >= 0.6 is 0 Å². The van der Waals surface area contributed by atoms with Gasteiger partial charge < -0.3 is 10.2 Å². The van der Waals surface area contributed by atoms with Gasteiger partial charge in [0.1, 0.15) is 0 Å². The second kappa shape index (κ2) is 5.54. The van der Waals surface area contributed by atoms with Gasteiger partial charge in [-0.25, -0.2) is 13.2 Å². The second-order valence-electron chi connectivity index (χ2n) is 5.60. The number of carboxylic acids is 1. The highest BCUT2D eigenvalue weighted by atomic mass is 32.2. The van der Waals surface area contributed by atoms with Crippen LogP contribution in [0.2, 0.25) is 0 Å². The molecule has 112 valence electrons. The first-order valence-electron chi connectivity index (χ1n) is 6.24. The minimum atomic E-state index is -3.63. The van der Waals surface area contributed by atoms with E-state index in [2.05, 4.69) is 0 Å². The Hall–Kier alpha value is -1.40. The number of aliphatic hydroxyl groups is 1. The normalized spacial score (nSPS) is 12.4. The summed E-state index contributed by atoms with van der Waals surface area (Å²) in [6.07, 6.45) is 0.0884. The lowest BCUT2D eigenvalue weighted by atomic mass is 10.1. The molecule has 1 aromatic rings. The summed E-state index contributed by atoms with van der Waals surface area (Å²) in [6, 6.07) is 2.64. The van der Waals surface area contributed by atoms with Crippen LogP contribution in [0.3, 0.4) is 0 Å². The third-order valence-corrected chi connectivity index (χ3v) is 5.02. The van der Waals surface area contributed by atoms with Crippen LogP contribution in [0.1, 0.15) is 41.8 Å². The quantitative estimate of drug-likeness (QED) is 0.867. The lowest BCUT2D eigenvalue weighted by Crippen LogP contribution is -2.24. The zero-order valence-corrected chi connectivity index (χ0v) is 12.9. The number of benzene rings is 1. The highest BCUT2D eigenvalue weighted by Gasteiger charge is 2.24. The molecule has 0 amide bonds. The molecule has 0 aliphatic rings. The minimum absolute atomic E-state index is 0.0270. The SMILES string of the molecule is Cc1cc(C(=O)O)cc(S(=O)(=O)CCC(C)(C)O)c1C. The van der Waals surface area contributed by atoms with Gasteiger partial charge in [-0.1, -0.05) is 0 Å². The van der Waals surface area contributed by atoms with Crippen molar-refractivity contribution in [2.75, 3.05) is 5.75 Å². The third kappa shape index (κ3) is 4.05. The number of aromatic carboxylic acids is 1. The van der Waals surface area contributed by atoms with Crippen LogP contribution in [0.5, 0.6) is 0 Å². The van der Waals surface area contributed by atoms with E-state index < -0.39 is 21.4 Å². The average molecular weight is 300 g/mol. The fraction of sp³-hybridized carbons (Fsp3) is 0.500. The fourth-order valence-electron chi connectivity index (χ4n) is 1.77. The highest BCUT2D eigenvalue weighted by molar-refractivity contribution is 7.91. The molecule has 0 saturated carbocycles. The predicted octanol–water partition coefficient (Wildman–Crippen LogP) is 1.94. The Balaban J connectivity index is 3.27. The van der Waals surface area contributed by atoms with Crippen molar-refractivity contribution in [2.45, 2.75) is 44.6 Å². The van der Waals surface area contributed by atoms with Crippen molar-refractivity contribution < 1.29 is 23.4 Å². The number of aryl methyl sites for hydroxylation is 1. The second-order valence-corrected chi connectivity index (χ2v) is 7.68. The third-order valence-electron chi connectivity index (χ3n) is 3.18. The Labute approximate surface area is 119 Å². The molecule has 5 nitrogen and oxygen atoms in total. The zero-order chi connectivity index (χ0) is 15.7. The molecule has 1 rings (SSSR count). The number of sulfone groups is 1. The molecule has 20 heavy (non-hydrogen) atoms. The first kappa shape index (κ1) is 16.7. The molecule has 0 heterocycles. The Morgan fingerprint density at radius 2 is 1.80 bits per heavy atom. The van der Waals surface area contributed by atoms with E-state index in [0.717, 1.165) is 0 Å². The molecule has 0 radical (unpaired) electrons. The van der Waals surface area contributed by atoms with Crippen molar-refractivity contribution >= 4 is 15.8 Å². The van der Waals surface area contributed by atoms with E-state index in [1.165, 1.54) is 26.0 Å². The summed E-state index contributed by atoms with van der Waals surface area (Å²) < 4.78 is 24.6. The number of carbonyl (C=O) groups is 1. The van der Waals surface area contributed by atoms with Crippen molar-refractivity contribution in [3.8, 4) is 0 Å². The van der Waals surface area contributed by atoms with Gasteiger partial charge in [0.25, 0.3) is 0 Å². The van der Waals surface area contributed by atoms with E-state index in [0.29, 0.717) is 11.1 Å². The maximum absolute atomic E-state index is 12.3. The summed E-state index contributed by atoms with van der Waals surface area (Å²) in [7, 11) is -3.63. The molecule has 0 unspecified atom stereocenters. The molecule has 6 heteroatoms. The first-order chi connectivity index (χ1) is 8.94. The van der Waals surface area contributed by atoms with Crippen molar-refractivity contribution in [1.82, 2.24) is 0 Å². The molecule has 2 N–H and O–H groups in total. The van der Waals surface area contributed by atoms with Crippen LogP contribution in [-0.2, 0) is 9.84 Å². The molecule has 1 aromatic carbocycles. The van der Waals surface area contributed by atoms with E-state index in [4.69, 9.17) is 5.11 Å². The maximum Gasteiger partial charge on any atom is 0.335 e. The molecule has 0 aromatic heterocycles. The summed E-state index contributed by atoms with van der Waals surface area (Å²) in [6.45, 7) is 6.40. The van der Waals surface area contributed by atoms with E-state index >= 15 is 0 Å². The molecule has 0 aliphatic heterocycles. The Morgan fingerprint density at radius 1 is 1.25 bits per heavy atom. The largest absolute Gasteiger partial charge is 0.478 e. The molecular weight excluding hydrogens is 280 g/mol. The van der Waals surface area contributed by atoms with Gasteiger partial charge in [0.15, 0.2) is 9.84 Å². The Kier molecular flexibility index (Phi) is 4.61. The Bertz CT molecular complexity index is 624. The highest BCUT2D eigenvalue weighted by Crippen LogP contribution is 2.24. The summed E-state index contributed by atoms with van der Waals surface area (Å²) in [5.41, 5.74) is 0.0351. The van der Waals surface area contributed by atoms with Gasteiger partial charge in [-0.15, -0.1) is 0 Å². The first-order valence-corrected chi connectivity index (χ1v) is 7.89. The smallest absolute Gasteiger partial charge is 0.335 e. The van der Waals surface area contributed by atoms with Gasteiger partial charge in [-0.2, -0.15) is 0 Å².